The number of rotatable bonds is 1. The Morgan fingerprint density at radius 3 is 3.00 bits per heavy atom. The predicted molar refractivity (Wildman–Crippen MR) is 70.7 cm³/mol. The number of phenols is 1. The zero-order chi connectivity index (χ0) is 12.4. The van der Waals surface area contributed by atoms with Gasteiger partial charge in [0.1, 0.15) is 5.75 Å². The molecule has 1 amide bonds. The van der Waals surface area contributed by atoms with E-state index in [1.54, 1.807) is 6.07 Å². The minimum Gasteiger partial charge on any atom is -0.507 e. The van der Waals surface area contributed by atoms with Gasteiger partial charge in [-0.3, -0.25) is 4.79 Å². The predicted octanol–water partition coefficient (Wildman–Crippen LogP) is 2.28. The van der Waals surface area contributed by atoms with Crippen molar-refractivity contribution in [1.82, 2.24) is 4.90 Å². The number of para-hydroxylation sites is 1. The van der Waals surface area contributed by atoms with Crippen LogP contribution in [0.15, 0.2) is 18.2 Å². The lowest BCUT2D eigenvalue weighted by molar-refractivity contribution is 0.0713. The number of benzene rings is 1. The fraction of sp³-hybridized carbons (Fsp3) is 0.462. The molecule has 1 aromatic rings. The van der Waals surface area contributed by atoms with Gasteiger partial charge in [0.25, 0.3) is 5.91 Å². The van der Waals surface area contributed by atoms with Crippen LogP contribution in [0.5, 0.6) is 5.75 Å². The topological polar surface area (TPSA) is 40.5 Å². The molecule has 1 aliphatic heterocycles. The molecule has 0 radical (unpaired) electrons. The molecular formula is C13H17NO2S. The van der Waals surface area contributed by atoms with Crippen molar-refractivity contribution in [2.45, 2.75) is 19.9 Å². The molecule has 2 rings (SSSR count). The van der Waals surface area contributed by atoms with E-state index in [1.165, 1.54) is 0 Å². The van der Waals surface area contributed by atoms with Crippen LogP contribution in [0.1, 0.15) is 22.8 Å². The molecule has 1 fully saturated rings. The van der Waals surface area contributed by atoms with Crippen molar-refractivity contribution in [3.63, 3.8) is 0 Å². The van der Waals surface area contributed by atoms with Crippen molar-refractivity contribution >= 4 is 17.7 Å². The lowest BCUT2D eigenvalue weighted by Crippen LogP contribution is -2.44. The van der Waals surface area contributed by atoms with Crippen LogP contribution >= 0.6 is 11.8 Å². The van der Waals surface area contributed by atoms with E-state index in [-0.39, 0.29) is 17.7 Å². The van der Waals surface area contributed by atoms with Gasteiger partial charge in [-0.15, -0.1) is 0 Å². The highest BCUT2D eigenvalue weighted by Crippen LogP contribution is 2.25. The summed E-state index contributed by atoms with van der Waals surface area (Å²) in [5.74, 6) is 2.00. The molecule has 1 saturated heterocycles. The summed E-state index contributed by atoms with van der Waals surface area (Å²) in [5.41, 5.74) is 1.17. The first-order chi connectivity index (χ1) is 8.11. The number of thioether (sulfide) groups is 1. The quantitative estimate of drug-likeness (QED) is 0.832. The Morgan fingerprint density at radius 1 is 1.53 bits per heavy atom. The number of hydrogen-bond acceptors (Lipinski definition) is 3. The lowest BCUT2D eigenvalue weighted by Gasteiger charge is -2.33. The summed E-state index contributed by atoms with van der Waals surface area (Å²) in [6.07, 6.45) is 0. The van der Waals surface area contributed by atoms with Gasteiger partial charge in [0.05, 0.1) is 5.56 Å². The van der Waals surface area contributed by atoms with E-state index >= 15 is 0 Å². The van der Waals surface area contributed by atoms with Crippen molar-refractivity contribution in [2.75, 3.05) is 18.1 Å². The van der Waals surface area contributed by atoms with E-state index in [4.69, 9.17) is 0 Å². The first kappa shape index (κ1) is 12.3. The highest BCUT2D eigenvalue weighted by molar-refractivity contribution is 7.99. The van der Waals surface area contributed by atoms with Crippen LogP contribution in [-0.2, 0) is 0 Å². The van der Waals surface area contributed by atoms with E-state index < -0.39 is 0 Å². The fourth-order valence-electron chi connectivity index (χ4n) is 2.02. The molecule has 0 spiro atoms. The Hall–Kier alpha value is -1.16. The SMILES string of the molecule is Cc1cccc(C(=O)N2CCSCC2C)c1O. The smallest absolute Gasteiger partial charge is 0.257 e. The molecule has 17 heavy (non-hydrogen) atoms. The van der Waals surface area contributed by atoms with Gasteiger partial charge < -0.3 is 10.0 Å². The van der Waals surface area contributed by atoms with Crippen molar-refractivity contribution in [2.24, 2.45) is 0 Å². The summed E-state index contributed by atoms with van der Waals surface area (Å²) in [6, 6.07) is 5.55. The fourth-order valence-corrected chi connectivity index (χ4v) is 3.03. The molecule has 0 saturated carbocycles. The first-order valence-corrected chi connectivity index (χ1v) is 6.94. The molecule has 1 aromatic carbocycles. The molecule has 1 atom stereocenters. The van der Waals surface area contributed by atoms with Crippen LogP contribution in [0.2, 0.25) is 0 Å². The van der Waals surface area contributed by atoms with Gasteiger partial charge in [-0.25, -0.2) is 0 Å². The summed E-state index contributed by atoms with van der Waals surface area (Å²) >= 11 is 1.87. The lowest BCUT2D eigenvalue weighted by atomic mass is 10.1. The Labute approximate surface area is 106 Å². The highest BCUT2D eigenvalue weighted by atomic mass is 32.2. The average molecular weight is 251 g/mol. The monoisotopic (exact) mass is 251 g/mol. The third-order valence-electron chi connectivity index (χ3n) is 3.10. The summed E-state index contributed by atoms with van der Waals surface area (Å²) in [7, 11) is 0. The van der Waals surface area contributed by atoms with Gasteiger partial charge in [0.15, 0.2) is 0 Å². The third kappa shape index (κ3) is 2.41. The maximum absolute atomic E-state index is 12.3. The van der Waals surface area contributed by atoms with Crippen LogP contribution in [0.25, 0.3) is 0 Å². The molecule has 1 unspecified atom stereocenters. The summed E-state index contributed by atoms with van der Waals surface area (Å²) in [4.78, 5) is 14.2. The van der Waals surface area contributed by atoms with E-state index in [1.807, 2.05) is 35.7 Å². The molecular weight excluding hydrogens is 234 g/mol. The first-order valence-electron chi connectivity index (χ1n) is 5.78. The molecule has 4 heteroatoms. The van der Waals surface area contributed by atoms with Gasteiger partial charge in [-0.1, -0.05) is 12.1 Å². The van der Waals surface area contributed by atoms with E-state index in [0.29, 0.717) is 5.56 Å². The second-order valence-corrected chi connectivity index (χ2v) is 5.54. The number of amides is 1. The number of aromatic hydroxyl groups is 1. The molecule has 0 aliphatic carbocycles. The van der Waals surface area contributed by atoms with E-state index in [0.717, 1.165) is 23.6 Å². The minimum absolute atomic E-state index is 0.0565. The van der Waals surface area contributed by atoms with Gasteiger partial charge >= 0.3 is 0 Å². The van der Waals surface area contributed by atoms with Crippen LogP contribution < -0.4 is 0 Å². The molecule has 92 valence electrons. The Bertz CT molecular complexity index is 433. The van der Waals surface area contributed by atoms with E-state index in [2.05, 4.69) is 6.92 Å². The van der Waals surface area contributed by atoms with Gasteiger partial charge in [-0.05, 0) is 25.5 Å². The molecule has 1 heterocycles. The highest BCUT2D eigenvalue weighted by Gasteiger charge is 2.26. The van der Waals surface area contributed by atoms with Gasteiger partial charge in [0, 0.05) is 24.1 Å². The average Bonchev–Trinajstić information content (AvgIpc) is 2.32. The van der Waals surface area contributed by atoms with E-state index in [9.17, 15) is 9.90 Å². The van der Waals surface area contributed by atoms with Crippen LogP contribution in [0.4, 0.5) is 0 Å². The largest absolute Gasteiger partial charge is 0.507 e. The number of nitrogens with zero attached hydrogens (tertiary/aromatic N) is 1. The zero-order valence-corrected chi connectivity index (χ0v) is 11.0. The summed E-state index contributed by atoms with van der Waals surface area (Å²) in [5, 5.41) is 9.93. The Kier molecular flexibility index (Phi) is 3.62. The van der Waals surface area contributed by atoms with Gasteiger partial charge in [0.2, 0.25) is 0 Å². The Balaban J connectivity index is 2.27. The molecule has 1 aliphatic rings. The Morgan fingerprint density at radius 2 is 2.29 bits per heavy atom. The number of carbonyl (C=O) groups is 1. The maximum Gasteiger partial charge on any atom is 0.257 e. The zero-order valence-electron chi connectivity index (χ0n) is 10.1. The minimum atomic E-state index is -0.0565. The van der Waals surface area contributed by atoms with Gasteiger partial charge in [-0.2, -0.15) is 11.8 Å². The number of phenolic OH excluding ortho intramolecular Hbond substituents is 1. The normalized spacial score (nSPS) is 20.4. The molecule has 0 bridgehead atoms. The second-order valence-electron chi connectivity index (χ2n) is 4.39. The number of aryl methyl sites for hydroxylation is 1. The number of carbonyl (C=O) groups excluding carboxylic acids is 1. The van der Waals surface area contributed by atoms with Crippen molar-refractivity contribution in [3.8, 4) is 5.75 Å². The van der Waals surface area contributed by atoms with Crippen molar-refractivity contribution in [1.29, 1.82) is 0 Å². The molecule has 0 aromatic heterocycles. The van der Waals surface area contributed by atoms with Crippen molar-refractivity contribution < 1.29 is 9.90 Å². The van der Waals surface area contributed by atoms with Crippen LogP contribution in [0, 0.1) is 6.92 Å². The molecule has 1 N–H and O–H groups in total. The van der Waals surface area contributed by atoms with Crippen LogP contribution in [0.3, 0.4) is 0 Å². The standard InChI is InChI=1S/C13H17NO2S/c1-9-4-3-5-11(12(9)15)13(16)14-6-7-17-8-10(14)2/h3-5,10,15H,6-8H2,1-2H3. The summed E-state index contributed by atoms with van der Waals surface area (Å²) in [6.45, 7) is 4.62. The number of hydrogen-bond donors (Lipinski definition) is 1. The third-order valence-corrected chi connectivity index (χ3v) is 4.29. The maximum atomic E-state index is 12.3. The summed E-state index contributed by atoms with van der Waals surface area (Å²) < 4.78 is 0. The van der Waals surface area contributed by atoms with Crippen LogP contribution in [-0.4, -0.2) is 40.0 Å². The van der Waals surface area contributed by atoms with Crippen molar-refractivity contribution in [3.05, 3.63) is 29.3 Å². The second kappa shape index (κ2) is 5.00. The molecule has 3 nitrogen and oxygen atoms in total.